The summed E-state index contributed by atoms with van der Waals surface area (Å²) >= 11 is 6.19. The van der Waals surface area contributed by atoms with Gasteiger partial charge in [-0.1, -0.05) is 41.9 Å². The van der Waals surface area contributed by atoms with E-state index in [4.69, 9.17) is 17.3 Å². The van der Waals surface area contributed by atoms with Crippen LogP contribution >= 0.6 is 11.6 Å². The summed E-state index contributed by atoms with van der Waals surface area (Å²) < 4.78 is 0. The van der Waals surface area contributed by atoms with Crippen LogP contribution in [0.3, 0.4) is 0 Å². The quantitative estimate of drug-likeness (QED) is 0.888. The summed E-state index contributed by atoms with van der Waals surface area (Å²) in [5, 5.41) is 3.42. The minimum atomic E-state index is -0.322. The van der Waals surface area contributed by atoms with Crippen LogP contribution in [0.25, 0.3) is 0 Å². The number of hydrogen-bond donors (Lipinski definition) is 2. The molecule has 1 atom stereocenters. The third-order valence-electron chi connectivity index (χ3n) is 3.35. The Morgan fingerprint density at radius 1 is 1.23 bits per heavy atom. The van der Waals surface area contributed by atoms with Gasteiger partial charge in [0.1, 0.15) is 0 Å². The van der Waals surface area contributed by atoms with Gasteiger partial charge in [-0.2, -0.15) is 0 Å². The van der Waals surface area contributed by atoms with Crippen LogP contribution in [0.5, 0.6) is 0 Å². The van der Waals surface area contributed by atoms with Crippen LogP contribution in [-0.2, 0) is 4.79 Å². The second-order valence-corrected chi connectivity index (χ2v) is 5.74. The number of benzene rings is 2. The van der Waals surface area contributed by atoms with Crippen LogP contribution in [0.4, 0.5) is 11.4 Å². The molecule has 0 radical (unpaired) electrons. The maximum Gasteiger partial charge on any atom is 0.226 e. The molecule has 1 amide bonds. The fraction of sp³-hybridized carbons (Fsp3) is 0.235. The molecular weight excluding hydrogens is 298 g/mol. The maximum absolute atomic E-state index is 12.1. The van der Waals surface area contributed by atoms with Crippen LogP contribution in [-0.4, -0.2) is 20.0 Å². The zero-order valence-electron chi connectivity index (χ0n) is 12.7. The Morgan fingerprint density at radius 2 is 1.91 bits per heavy atom. The molecule has 0 saturated heterocycles. The Labute approximate surface area is 135 Å². The molecule has 5 heteroatoms. The van der Waals surface area contributed by atoms with Crippen LogP contribution in [0.1, 0.15) is 18.0 Å². The zero-order valence-corrected chi connectivity index (χ0v) is 13.5. The molecule has 116 valence electrons. The summed E-state index contributed by atoms with van der Waals surface area (Å²) in [5.41, 5.74) is 8.56. The van der Waals surface area contributed by atoms with Crippen molar-refractivity contribution in [2.75, 3.05) is 24.3 Å². The van der Waals surface area contributed by atoms with E-state index in [0.29, 0.717) is 10.7 Å². The van der Waals surface area contributed by atoms with E-state index < -0.39 is 0 Å². The Bertz CT molecular complexity index is 644. The Balaban J connectivity index is 1.99. The Hall–Kier alpha value is -2.04. The second kappa shape index (κ2) is 7.29. The highest BCUT2D eigenvalue weighted by molar-refractivity contribution is 6.33. The maximum atomic E-state index is 12.1. The van der Waals surface area contributed by atoms with Gasteiger partial charge < -0.3 is 16.0 Å². The van der Waals surface area contributed by atoms with Gasteiger partial charge in [0.05, 0.1) is 10.7 Å². The fourth-order valence-electron chi connectivity index (χ4n) is 2.18. The molecule has 0 aromatic heterocycles. The third-order valence-corrected chi connectivity index (χ3v) is 3.65. The van der Waals surface area contributed by atoms with Crippen molar-refractivity contribution >= 4 is 28.9 Å². The van der Waals surface area contributed by atoms with Gasteiger partial charge in [-0.15, -0.1) is 0 Å². The Kier molecular flexibility index (Phi) is 5.41. The van der Waals surface area contributed by atoms with Gasteiger partial charge in [0.15, 0.2) is 0 Å². The summed E-state index contributed by atoms with van der Waals surface area (Å²) in [7, 11) is 3.83. The lowest BCUT2D eigenvalue weighted by Crippen LogP contribution is -2.20. The number of anilines is 2. The van der Waals surface area contributed by atoms with Gasteiger partial charge in [-0.3, -0.25) is 4.79 Å². The van der Waals surface area contributed by atoms with E-state index in [0.717, 1.165) is 11.3 Å². The van der Waals surface area contributed by atoms with E-state index in [9.17, 15) is 4.79 Å². The molecular formula is C17H20ClN3O. The number of nitrogens with one attached hydrogen (secondary N) is 1. The van der Waals surface area contributed by atoms with Crippen molar-refractivity contribution in [2.45, 2.75) is 12.5 Å². The van der Waals surface area contributed by atoms with Crippen LogP contribution in [0.2, 0.25) is 5.02 Å². The molecule has 0 aliphatic heterocycles. The first-order valence-corrected chi connectivity index (χ1v) is 7.42. The lowest BCUT2D eigenvalue weighted by atomic mass is 10.0. The highest BCUT2D eigenvalue weighted by Crippen LogP contribution is 2.27. The predicted molar refractivity (Wildman–Crippen MR) is 92.4 cm³/mol. The highest BCUT2D eigenvalue weighted by atomic mass is 35.5. The van der Waals surface area contributed by atoms with Crippen molar-refractivity contribution in [1.82, 2.24) is 0 Å². The first kappa shape index (κ1) is 16.3. The van der Waals surface area contributed by atoms with Crippen LogP contribution in [0.15, 0.2) is 48.5 Å². The van der Waals surface area contributed by atoms with Gasteiger partial charge in [0.25, 0.3) is 0 Å². The van der Waals surface area contributed by atoms with E-state index in [1.54, 1.807) is 6.07 Å². The summed E-state index contributed by atoms with van der Waals surface area (Å²) in [6.07, 6.45) is 0.219. The van der Waals surface area contributed by atoms with Crippen LogP contribution < -0.4 is 16.0 Å². The molecule has 0 aliphatic carbocycles. The predicted octanol–water partition coefficient (Wildman–Crippen LogP) is 3.43. The number of rotatable bonds is 5. The molecule has 22 heavy (non-hydrogen) atoms. The molecule has 2 aromatic rings. The molecule has 2 aromatic carbocycles. The lowest BCUT2D eigenvalue weighted by molar-refractivity contribution is -0.116. The summed E-state index contributed by atoms with van der Waals surface area (Å²) in [6, 6.07) is 14.7. The van der Waals surface area contributed by atoms with Crippen molar-refractivity contribution in [2.24, 2.45) is 5.73 Å². The number of nitrogens with two attached hydrogens (primary N) is 1. The average molecular weight is 318 g/mol. The van der Waals surface area contributed by atoms with Crippen molar-refractivity contribution in [1.29, 1.82) is 0 Å². The summed E-state index contributed by atoms with van der Waals surface area (Å²) in [6.45, 7) is 0. The molecule has 0 fully saturated rings. The van der Waals surface area contributed by atoms with Gasteiger partial charge in [-0.05, 0) is 23.8 Å². The van der Waals surface area contributed by atoms with E-state index in [1.807, 2.05) is 61.5 Å². The Morgan fingerprint density at radius 3 is 2.50 bits per heavy atom. The normalized spacial score (nSPS) is 11.8. The summed E-state index contributed by atoms with van der Waals surface area (Å²) in [5.74, 6) is -0.134. The second-order valence-electron chi connectivity index (χ2n) is 5.33. The van der Waals surface area contributed by atoms with Gasteiger partial charge in [0.2, 0.25) is 5.91 Å². The van der Waals surface area contributed by atoms with Crippen molar-refractivity contribution in [3.8, 4) is 0 Å². The van der Waals surface area contributed by atoms with Gasteiger partial charge in [-0.25, -0.2) is 0 Å². The first-order chi connectivity index (χ1) is 10.5. The molecule has 1 unspecified atom stereocenters. The monoisotopic (exact) mass is 317 g/mol. The molecule has 0 spiro atoms. The molecule has 2 rings (SSSR count). The topological polar surface area (TPSA) is 58.4 Å². The minimum Gasteiger partial charge on any atom is -0.376 e. The number of carbonyl (C=O) groups excluding carboxylic acids is 1. The van der Waals surface area contributed by atoms with E-state index in [2.05, 4.69) is 5.32 Å². The number of nitrogens with zero attached hydrogens (tertiary/aromatic N) is 1. The van der Waals surface area contributed by atoms with Crippen molar-refractivity contribution < 1.29 is 4.79 Å². The van der Waals surface area contributed by atoms with Crippen molar-refractivity contribution in [3.05, 3.63) is 59.1 Å². The van der Waals surface area contributed by atoms with Gasteiger partial charge in [0, 0.05) is 32.2 Å². The highest BCUT2D eigenvalue weighted by Gasteiger charge is 2.12. The minimum absolute atomic E-state index is 0.134. The lowest BCUT2D eigenvalue weighted by Gasteiger charge is -2.16. The summed E-state index contributed by atoms with van der Waals surface area (Å²) in [4.78, 5) is 14.0. The van der Waals surface area contributed by atoms with E-state index >= 15 is 0 Å². The largest absolute Gasteiger partial charge is 0.376 e. The molecule has 0 aliphatic rings. The molecule has 3 N–H and O–H groups in total. The zero-order chi connectivity index (χ0) is 16.1. The fourth-order valence-corrected chi connectivity index (χ4v) is 2.53. The third kappa shape index (κ3) is 4.23. The number of amides is 1. The molecule has 0 bridgehead atoms. The average Bonchev–Trinajstić information content (AvgIpc) is 2.47. The van der Waals surface area contributed by atoms with Crippen LogP contribution in [0, 0.1) is 0 Å². The SMILES string of the molecule is CN(C)c1ccc(NC(=O)CC(N)c2ccccc2)cc1Cl. The van der Waals surface area contributed by atoms with Crippen molar-refractivity contribution in [3.63, 3.8) is 0 Å². The number of halogens is 1. The standard InChI is InChI=1S/C17H20ClN3O/c1-21(2)16-9-8-13(10-14(16)18)20-17(22)11-15(19)12-6-4-3-5-7-12/h3-10,15H,11,19H2,1-2H3,(H,20,22). The number of hydrogen-bond acceptors (Lipinski definition) is 3. The smallest absolute Gasteiger partial charge is 0.226 e. The molecule has 4 nitrogen and oxygen atoms in total. The molecule has 0 heterocycles. The molecule has 0 saturated carbocycles. The van der Waals surface area contributed by atoms with Gasteiger partial charge >= 0.3 is 0 Å². The van der Waals surface area contributed by atoms with E-state index in [-0.39, 0.29) is 18.4 Å². The van der Waals surface area contributed by atoms with E-state index in [1.165, 1.54) is 0 Å². The first-order valence-electron chi connectivity index (χ1n) is 7.04. The number of carbonyl (C=O) groups is 1.